The molecule has 1 aromatic rings. The van der Waals surface area contributed by atoms with Crippen molar-refractivity contribution in [3.63, 3.8) is 0 Å². The van der Waals surface area contributed by atoms with Crippen molar-refractivity contribution in [1.82, 2.24) is 0 Å². The van der Waals surface area contributed by atoms with Crippen molar-refractivity contribution in [3.05, 3.63) is 35.4 Å². The molecular formula is C8H6F4. The van der Waals surface area contributed by atoms with Crippen molar-refractivity contribution in [2.24, 2.45) is 0 Å². The summed E-state index contributed by atoms with van der Waals surface area (Å²) >= 11 is 0. The van der Waals surface area contributed by atoms with Crippen molar-refractivity contribution in [2.45, 2.75) is 12.8 Å². The van der Waals surface area contributed by atoms with Crippen LogP contribution in [0.3, 0.4) is 0 Å². The van der Waals surface area contributed by atoms with Crippen LogP contribution < -0.4 is 0 Å². The fourth-order valence-electron chi connectivity index (χ4n) is 0.843. The molecular weight excluding hydrogens is 172 g/mol. The topological polar surface area (TPSA) is 0 Å². The Morgan fingerprint density at radius 2 is 1.75 bits per heavy atom. The van der Waals surface area contributed by atoms with Crippen LogP contribution in [0.2, 0.25) is 0 Å². The van der Waals surface area contributed by atoms with E-state index in [1.807, 2.05) is 0 Å². The lowest BCUT2D eigenvalue weighted by Gasteiger charge is -2.10. The van der Waals surface area contributed by atoms with Crippen LogP contribution in [-0.4, -0.2) is 0 Å². The van der Waals surface area contributed by atoms with Crippen molar-refractivity contribution in [3.8, 4) is 0 Å². The van der Waals surface area contributed by atoms with Gasteiger partial charge < -0.3 is 0 Å². The minimum Gasteiger partial charge on any atom is -0.204 e. The highest BCUT2D eigenvalue weighted by atomic mass is 19.3. The quantitative estimate of drug-likeness (QED) is 0.579. The molecule has 12 heavy (non-hydrogen) atoms. The van der Waals surface area contributed by atoms with Gasteiger partial charge in [0.2, 0.25) is 0 Å². The molecule has 0 saturated carbocycles. The Morgan fingerprint density at radius 3 is 2.17 bits per heavy atom. The Labute approximate surface area is 66.8 Å². The number of rotatable bonds is 1. The molecule has 66 valence electrons. The van der Waals surface area contributed by atoms with Crippen molar-refractivity contribution in [1.29, 1.82) is 0 Å². The highest BCUT2D eigenvalue weighted by molar-refractivity contribution is 5.22. The Hall–Kier alpha value is -1.06. The first kappa shape index (κ1) is 9.03. The summed E-state index contributed by atoms with van der Waals surface area (Å²) in [7, 11) is 0. The van der Waals surface area contributed by atoms with Gasteiger partial charge in [-0.05, 0) is 12.1 Å². The normalized spacial score (nSPS) is 11.8. The summed E-state index contributed by atoms with van der Waals surface area (Å²) in [6.45, 7) is 0.519. The first-order chi connectivity index (χ1) is 5.43. The molecule has 0 bridgehead atoms. The van der Waals surface area contributed by atoms with Crippen molar-refractivity contribution < 1.29 is 17.6 Å². The average molecular weight is 178 g/mol. The van der Waals surface area contributed by atoms with E-state index in [0.717, 1.165) is 18.2 Å². The molecule has 0 N–H and O–H groups in total. The van der Waals surface area contributed by atoms with Gasteiger partial charge in [-0.25, -0.2) is 17.6 Å². The Kier molecular flexibility index (Phi) is 2.08. The highest BCUT2D eigenvalue weighted by Gasteiger charge is 2.29. The summed E-state index contributed by atoms with van der Waals surface area (Å²) in [4.78, 5) is 0. The van der Waals surface area contributed by atoms with Crippen LogP contribution in [0.5, 0.6) is 0 Å². The lowest BCUT2D eigenvalue weighted by atomic mass is 10.1. The van der Waals surface area contributed by atoms with Crippen LogP contribution >= 0.6 is 0 Å². The SMILES string of the molecule is CC(F)(F)c1cccc(F)c1F. The van der Waals surface area contributed by atoms with Crippen molar-refractivity contribution >= 4 is 0 Å². The van der Waals surface area contributed by atoms with Gasteiger partial charge in [-0.15, -0.1) is 0 Å². The second kappa shape index (κ2) is 2.77. The molecule has 0 aliphatic rings. The second-order valence-electron chi connectivity index (χ2n) is 2.49. The van der Waals surface area contributed by atoms with E-state index in [2.05, 4.69) is 0 Å². The molecule has 0 heterocycles. The number of halogens is 4. The number of benzene rings is 1. The summed E-state index contributed by atoms with van der Waals surface area (Å²) in [5.41, 5.74) is -0.914. The molecule has 0 spiro atoms. The van der Waals surface area contributed by atoms with E-state index >= 15 is 0 Å². The van der Waals surface area contributed by atoms with E-state index in [-0.39, 0.29) is 0 Å². The third-order valence-electron chi connectivity index (χ3n) is 1.42. The molecule has 0 aliphatic heterocycles. The number of hydrogen-bond acceptors (Lipinski definition) is 0. The zero-order chi connectivity index (χ0) is 9.35. The molecule has 0 saturated heterocycles. The predicted molar refractivity (Wildman–Crippen MR) is 35.9 cm³/mol. The van der Waals surface area contributed by atoms with Crippen LogP contribution in [0.25, 0.3) is 0 Å². The first-order valence-corrected chi connectivity index (χ1v) is 3.25. The third kappa shape index (κ3) is 1.57. The van der Waals surface area contributed by atoms with Gasteiger partial charge in [0.05, 0.1) is 5.56 Å². The van der Waals surface area contributed by atoms with Gasteiger partial charge in [0, 0.05) is 6.92 Å². The summed E-state index contributed by atoms with van der Waals surface area (Å²) < 4.78 is 50.0. The average Bonchev–Trinajstić information content (AvgIpc) is 1.92. The van der Waals surface area contributed by atoms with Gasteiger partial charge in [0.25, 0.3) is 5.92 Å². The van der Waals surface area contributed by atoms with Crippen molar-refractivity contribution in [2.75, 3.05) is 0 Å². The van der Waals surface area contributed by atoms with Crippen LogP contribution in [0.15, 0.2) is 18.2 Å². The third-order valence-corrected chi connectivity index (χ3v) is 1.42. The molecule has 1 aromatic carbocycles. The molecule has 0 aromatic heterocycles. The summed E-state index contributed by atoms with van der Waals surface area (Å²) in [6.07, 6.45) is 0. The number of hydrogen-bond donors (Lipinski definition) is 0. The predicted octanol–water partition coefficient (Wildman–Crippen LogP) is 3.08. The highest BCUT2D eigenvalue weighted by Crippen LogP contribution is 2.29. The first-order valence-electron chi connectivity index (χ1n) is 3.25. The zero-order valence-corrected chi connectivity index (χ0v) is 6.24. The Bertz CT molecular complexity index is 288. The minimum atomic E-state index is -3.34. The molecule has 0 unspecified atom stereocenters. The summed E-state index contributed by atoms with van der Waals surface area (Å²) in [6, 6.07) is 2.70. The largest absolute Gasteiger partial charge is 0.273 e. The van der Waals surface area contributed by atoms with E-state index in [1.165, 1.54) is 0 Å². The monoisotopic (exact) mass is 178 g/mol. The van der Waals surface area contributed by atoms with E-state index in [4.69, 9.17) is 0 Å². The molecule has 4 heteroatoms. The standard InChI is InChI=1S/C8H6F4/c1-8(11,12)5-3-2-4-6(9)7(5)10/h2-4H,1H3. The lowest BCUT2D eigenvalue weighted by molar-refractivity contribution is 0.0131. The molecule has 0 fully saturated rings. The van der Waals surface area contributed by atoms with Crippen LogP contribution in [0.4, 0.5) is 17.6 Å². The summed E-state index contributed by atoms with van der Waals surface area (Å²) in [5, 5.41) is 0. The summed E-state index contributed by atoms with van der Waals surface area (Å²) in [5.74, 6) is -6.08. The van der Waals surface area contributed by atoms with E-state index in [9.17, 15) is 17.6 Å². The van der Waals surface area contributed by atoms with Crippen LogP contribution in [-0.2, 0) is 5.92 Å². The lowest BCUT2D eigenvalue weighted by Crippen LogP contribution is -2.10. The van der Waals surface area contributed by atoms with Crippen LogP contribution in [0, 0.1) is 11.6 Å². The zero-order valence-electron chi connectivity index (χ0n) is 6.24. The van der Waals surface area contributed by atoms with Gasteiger partial charge in [-0.2, -0.15) is 0 Å². The smallest absolute Gasteiger partial charge is 0.204 e. The molecule has 1 rings (SSSR count). The Morgan fingerprint density at radius 1 is 1.17 bits per heavy atom. The fraction of sp³-hybridized carbons (Fsp3) is 0.250. The van der Waals surface area contributed by atoms with Gasteiger partial charge >= 0.3 is 0 Å². The Balaban J connectivity index is 3.26. The maximum atomic E-state index is 12.6. The molecule has 0 nitrogen and oxygen atoms in total. The van der Waals surface area contributed by atoms with E-state index < -0.39 is 23.1 Å². The second-order valence-corrected chi connectivity index (χ2v) is 2.49. The van der Waals surface area contributed by atoms with E-state index in [1.54, 1.807) is 0 Å². The van der Waals surface area contributed by atoms with E-state index in [0.29, 0.717) is 6.92 Å². The van der Waals surface area contributed by atoms with Gasteiger partial charge in [-0.3, -0.25) is 0 Å². The molecule has 0 aliphatic carbocycles. The molecule has 0 amide bonds. The maximum Gasteiger partial charge on any atom is 0.273 e. The maximum absolute atomic E-state index is 12.6. The fourth-order valence-corrected chi connectivity index (χ4v) is 0.843. The minimum absolute atomic E-state index is 0.519. The molecule has 0 radical (unpaired) electrons. The van der Waals surface area contributed by atoms with Gasteiger partial charge in [0.1, 0.15) is 0 Å². The van der Waals surface area contributed by atoms with Crippen LogP contribution in [0.1, 0.15) is 12.5 Å². The number of alkyl halides is 2. The van der Waals surface area contributed by atoms with Gasteiger partial charge in [0.15, 0.2) is 11.6 Å². The molecule has 0 atom stereocenters. The van der Waals surface area contributed by atoms with Gasteiger partial charge in [-0.1, -0.05) is 6.07 Å².